The summed E-state index contributed by atoms with van der Waals surface area (Å²) in [4.78, 5) is 4.68. The number of hydrogen-bond acceptors (Lipinski definition) is 3. The molecule has 0 spiro atoms. The van der Waals surface area contributed by atoms with Crippen molar-refractivity contribution in [2.45, 2.75) is 64.8 Å². The van der Waals surface area contributed by atoms with Crippen LogP contribution in [0, 0.1) is 13.8 Å². The van der Waals surface area contributed by atoms with Crippen molar-refractivity contribution in [3.05, 3.63) is 23.2 Å². The lowest BCUT2D eigenvalue weighted by Gasteiger charge is -2.22. The first-order valence-corrected chi connectivity index (χ1v) is 7.92. The summed E-state index contributed by atoms with van der Waals surface area (Å²) >= 11 is 0. The van der Waals surface area contributed by atoms with Gasteiger partial charge in [-0.25, -0.2) is 4.99 Å². The number of guanidine groups is 1. The smallest absolute Gasteiger partial charge is 0.191 e. The fourth-order valence-corrected chi connectivity index (χ4v) is 3.29. The molecule has 2 aliphatic heterocycles. The van der Waals surface area contributed by atoms with Gasteiger partial charge in [-0.05, 0) is 46.1 Å². The maximum Gasteiger partial charge on any atom is 0.191 e. The Kier molecular flexibility index (Phi) is 6.14. The Labute approximate surface area is 149 Å². The zero-order valence-electron chi connectivity index (χ0n) is 13.5. The number of ether oxygens (including phenoxy) is 1. The molecule has 3 unspecified atom stereocenters. The molecule has 0 aliphatic carbocycles. The number of aliphatic imine (C=N–C) groups is 1. The highest BCUT2D eigenvalue weighted by Gasteiger charge is 2.41. The highest BCUT2D eigenvalue weighted by atomic mass is 127. The molecule has 2 fully saturated rings. The number of nitrogens with one attached hydrogen (secondary N) is 2. The molecule has 3 atom stereocenters. The zero-order valence-corrected chi connectivity index (χ0v) is 15.8. The van der Waals surface area contributed by atoms with Gasteiger partial charge in [-0.3, -0.25) is 0 Å². The van der Waals surface area contributed by atoms with E-state index in [9.17, 15) is 0 Å². The van der Waals surface area contributed by atoms with Crippen LogP contribution < -0.4 is 10.6 Å². The minimum absolute atomic E-state index is 0. The summed E-state index contributed by atoms with van der Waals surface area (Å²) in [7, 11) is 0. The summed E-state index contributed by atoms with van der Waals surface area (Å²) in [6.07, 6.45) is 4.29. The Morgan fingerprint density at radius 3 is 2.73 bits per heavy atom. The minimum Gasteiger partial charge on any atom is -0.466 e. The normalized spacial score (nSPS) is 26.9. The molecule has 0 amide bonds. The Morgan fingerprint density at radius 1 is 1.36 bits per heavy atom. The van der Waals surface area contributed by atoms with Crippen LogP contribution in [0.2, 0.25) is 0 Å². The standard InChI is InChI=1S/C16H25N3O2.HI/c1-4-17-16(18-9-12-7-10(2)20-11(12)3)19-14-8-13-5-6-15(14)21-13;/h7,13-15H,4-6,8-9H2,1-3H3,(H2,17,18,19);1H. The van der Waals surface area contributed by atoms with E-state index >= 15 is 0 Å². The molecule has 3 rings (SSSR count). The van der Waals surface area contributed by atoms with E-state index in [0.29, 0.717) is 24.8 Å². The Morgan fingerprint density at radius 2 is 2.18 bits per heavy atom. The molecule has 2 N–H and O–H groups in total. The topological polar surface area (TPSA) is 58.8 Å². The second-order valence-electron chi connectivity index (χ2n) is 5.99. The van der Waals surface area contributed by atoms with Crippen LogP contribution in [-0.2, 0) is 11.3 Å². The summed E-state index contributed by atoms with van der Waals surface area (Å²) < 4.78 is 11.4. The van der Waals surface area contributed by atoms with Crippen molar-refractivity contribution in [1.29, 1.82) is 0 Å². The summed E-state index contributed by atoms with van der Waals surface area (Å²) in [5.41, 5.74) is 1.15. The monoisotopic (exact) mass is 419 g/mol. The lowest BCUT2D eigenvalue weighted by molar-refractivity contribution is 0.0992. The SMILES string of the molecule is CCNC(=NCc1cc(C)oc1C)NC1CC2CCC1O2.I. The van der Waals surface area contributed by atoms with Gasteiger partial charge in [-0.15, -0.1) is 24.0 Å². The first kappa shape index (κ1) is 17.6. The Bertz CT molecular complexity index is 529. The number of fused-ring (bicyclic) bond motifs is 2. The summed E-state index contributed by atoms with van der Waals surface area (Å²) in [5.74, 6) is 2.77. The van der Waals surface area contributed by atoms with Crippen molar-refractivity contribution >= 4 is 29.9 Å². The van der Waals surface area contributed by atoms with Gasteiger partial charge in [0, 0.05) is 12.1 Å². The van der Waals surface area contributed by atoms with Crippen LogP contribution in [0.15, 0.2) is 15.5 Å². The predicted octanol–water partition coefficient (Wildman–Crippen LogP) is 2.89. The van der Waals surface area contributed by atoms with Gasteiger partial charge in [0.25, 0.3) is 0 Å². The second kappa shape index (κ2) is 7.68. The molecule has 2 saturated heterocycles. The number of halogens is 1. The fourth-order valence-electron chi connectivity index (χ4n) is 3.29. The van der Waals surface area contributed by atoms with Gasteiger partial charge >= 0.3 is 0 Å². The average molecular weight is 419 g/mol. The molecule has 2 bridgehead atoms. The summed E-state index contributed by atoms with van der Waals surface area (Å²) in [6.45, 7) is 7.54. The zero-order chi connectivity index (χ0) is 14.8. The number of aryl methyl sites for hydroxylation is 2. The predicted molar refractivity (Wildman–Crippen MR) is 97.8 cm³/mol. The van der Waals surface area contributed by atoms with Gasteiger partial charge < -0.3 is 19.8 Å². The molecule has 22 heavy (non-hydrogen) atoms. The highest BCUT2D eigenvalue weighted by molar-refractivity contribution is 14.0. The number of rotatable bonds is 4. The second-order valence-corrected chi connectivity index (χ2v) is 5.99. The summed E-state index contributed by atoms with van der Waals surface area (Å²) in [6, 6.07) is 2.46. The van der Waals surface area contributed by atoms with Crippen molar-refractivity contribution in [3.8, 4) is 0 Å². The van der Waals surface area contributed by atoms with Crippen molar-refractivity contribution < 1.29 is 9.15 Å². The fraction of sp³-hybridized carbons (Fsp3) is 0.688. The van der Waals surface area contributed by atoms with Crippen LogP contribution in [0.1, 0.15) is 43.3 Å². The number of nitrogens with zero attached hydrogens (tertiary/aromatic N) is 1. The van der Waals surface area contributed by atoms with Gasteiger partial charge in [-0.2, -0.15) is 0 Å². The van der Waals surface area contributed by atoms with E-state index in [0.717, 1.165) is 36.0 Å². The van der Waals surface area contributed by atoms with Crippen molar-refractivity contribution in [2.75, 3.05) is 6.54 Å². The molecular formula is C16H26IN3O2. The molecule has 1 aromatic heterocycles. The molecular weight excluding hydrogens is 393 g/mol. The van der Waals surface area contributed by atoms with E-state index in [1.54, 1.807) is 0 Å². The highest BCUT2D eigenvalue weighted by Crippen LogP contribution is 2.34. The van der Waals surface area contributed by atoms with Crippen LogP contribution in [0.25, 0.3) is 0 Å². The maximum atomic E-state index is 5.89. The summed E-state index contributed by atoms with van der Waals surface area (Å²) in [5, 5.41) is 6.85. The molecule has 3 heterocycles. The third-order valence-corrected chi connectivity index (χ3v) is 4.32. The van der Waals surface area contributed by atoms with Crippen molar-refractivity contribution in [1.82, 2.24) is 10.6 Å². The van der Waals surface area contributed by atoms with Gasteiger partial charge in [0.2, 0.25) is 0 Å². The van der Waals surface area contributed by atoms with Crippen LogP contribution in [0.4, 0.5) is 0 Å². The molecule has 6 heteroatoms. The van der Waals surface area contributed by atoms with Gasteiger partial charge in [0.15, 0.2) is 5.96 Å². The molecule has 5 nitrogen and oxygen atoms in total. The quantitative estimate of drug-likeness (QED) is 0.448. The molecule has 0 saturated carbocycles. The average Bonchev–Trinajstić information content (AvgIpc) is 3.12. The lowest BCUT2D eigenvalue weighted by atomic mass is 9.96. The van der Waals surface area contributed by atoms with Crippen molar-refractivity contribution in [3.63, 3.8) is 0 Å². The molecule has 124 valence electrons. The van der Waals surface area contributed by atoms with Gasteiger partial charge in [-0.1, -0.05) is 0 Å². The lowest BCUT2D eigenvalue weighted by Crippen LogP contribution is -2.47. The van der Waals surface area contributed by atoms with Gasteiger partial charge in [0.1, 0.15) is 11.5 Å². The van der Waals surface area contributed by atoms with Crippen LogP contribution in [0.5, 0.6) is 0 Å². The molecule has 0 aromatic carbocycles. The first-order chi connectivity index (χ1) is 10.2. The Balaban J connectivity index is 0.00000176. The molecule has 1 aromatic rings. The van der Waals surface area contributed by atoms with Crippen LogP contribution in [-0.4, -0.2) is 30.8 Å². The van der Waals surface area contributed by atoms with E-state index in [4.69, 9.17) is 9.15 Å². The minimum atomic E-state index is 0. The van der Waals surface area contributed by atoms with Crippen LogP contribution in [0.3, 0.4) is 0 Å². The van der Waals surface area contributed by atoms with E-state index in [2.05, 4.69) is 28.6 Å². The van der Waals surface area contributed by atoms with E-state index < -0.39 is 0 Å². The maximum absolute atomic E-state index is 5.89. The van der Waals surface area contributed by atoms with E-state index in [1.807, 2.05) is 13.8 Å². The van der Waals surface area contributed by atoms with Gasteiger partial charge in [0.05, 0.1) is 24.8 Å². The third-order valence-electron chi connectivity index (χ3n) is 4.32. The number of hydrogen-bond donors (Lipinski definition) is 2. The molecule has 0 radical (unpaired) electrons. The first-order valence-electron chi connectivity index (χ1n) is 7.92. The molecule has 2 aliphatic rings. The van der Waals surface area contributed by atoms with Crippen LogP contribution >= 0.6 is 24.0 Å². The van der Waals surface area contributed by atoms with E-state index in [-0.39, 0.29) is 24.0 Å². The Hall–Kier alpha value is -0.760. The van der Waals surface area contributed by atoms with E-state index in [1.165, 1.54) is 12.8 Å². The van der Waals surface area contributed by atoms with Crippen molar-refractivity contribution in [2.24, 2.45) is 4.99 Å². The largest absolute Gasteiger partial charge is 0.466 e. The third kappa shape index (κ3) is 3.95. The number of furan rings is 1.